The molecule has 5 atom stereocenters. The van der Waals surface area contributed by atoms with Gasteiger partial charge in [-0.05, 0) is 56.9 Å². The summed E-state index contributed by atoms with van der Waals surface area (Å²) in [6, 6.07) is 0. The molecule has 21 heavy (non-hydrogen) atoms. The molecule has 0 unspecified atom stereocenters. The summed E-state index contributed by atoms with van der Waals surface area (Å²) in [4.78, 5) is 12.2. The Morgan fingerprint density at radius 1 is 1.14 bits per heavy atom. The number of Topliss-reactive ketones (excluding diaryl/α,β-unsaturated/α-hetero) is 1. The number of ketones is 1. The minimum atomic E-state index is -1.21. The zero-order valence-corrected chi connectivity index (χ0v) is 15.0. The average Bonchev–Trinajstić information content (AvgIpc) is 2.50. The summed E-state index contributed by atoms with van der Waals surface area (Å²) in [5.74, 6) is 1.64. The van der Waals surface area contributed by atoms with Crippen LogP contribution in [0.1, 0.15) is 74.1 Å². The van der Waals surface area contributed by atoms with Gasteiger partial charge < -0.3 is 5.11 Å². The monoisotopic (exact) mass is 294 g/mol. The molecule has 0 aromatic rings. The van der Waals surface area contributed by atoms with Crippen LogP contribution in [0.4, 0.5) is 0 Å². The molecule has 2 nitrogen and oxygen atoms in total. The van der Waals surface area contributed by atoms with Crippen LogP contribution in [-0.2, 0) is 4.79 Å². The van der Waals surface area contributed by atoms with Crippen molar-refractivity contribution >= 4 is 5.78 Å². The largest absolute Gasteiger partial charge is 0.381 e. The summed E-state index contributed by atoms with van der Waals surface area (Å²) in [6.45, 7) is 14.6. The lowest BCUT2D eigenvalue weighted by molar-refractivity contribution is -0.134. The molecule has 2 heteroatoms. The van der Waals surface area contributed by atoms with E-state index in [9.17, 15) is 9.90 Å². The molecule has 0 aliphatic heterocycles. The van der Waals surface area contributed by atoms with Gasteiger partial charge in [0, 0.05) is 5.92 Å². The van der Waals surface area contributed by atoms with Gasteiger partial charge in [0.15, 0.2) is 5.78 Å². The second-order valence-corrected chi connectivity index (χ2v) is 7.71. The van der Waals surface area contributed by atoms with Crippen LogP contribution >= 0.6 is 0 Å². The Morgan fingerprint density at radius 2 is 1.71 bits per heavy atom. The van der Waals surface area contributed by atoms with E-state index in [1.807, 2.05) is 13.8 Å². The average molecular weight is 294 g/mol. The van der Waals surface area contributed by atoms with Crippen molar-refractivity contribution < 1.29 is 9.90 Å². The van der Waals surface area contributed by atoms with E-state index in [-0.39, 0.29) is 11.7 Å². The SMILES string of the molecule is CCC[C@H](C)C[C@H](C)C[C@H](C)[C@@H]1C(C)=C(C)C(=O)[C@@]1(C)O. The Labute approximate surface area is 131 Å². The van der Waals surface area contributed by atoms with E-state index >= 15 is 0 Å². The molecule has 0 amide bonds. The highest BCUT2D eigenvalue weighted by Gasteiger charge is 2.49. The van der Waals surface area contributed by atoms with Gasteiger partial charge in [-0.1, -0.05) is 46.1 Å². The minimum absolute atomic E-state index is 0.0195. The van der Waals surface area contributed by atoms with E-state index in [4.69, 9.17) is 0 Å². The van der Waals surface area contributed by atoms with E-state index in [2.05, 4.69) is 27.7 Å². The fourth-order valence-electron chi connectivity index (χ4n) is 4.50. The van der Waals surface area contributed by atoms with Crippen molar-refractivity contribution in [1.29, 1.82) is 0 Å². The van der Waals surface area contributed by atoms with Crippen LogP contribution in [0.15, 0.2) is 11.1 Å². The van der Waals surface area contributed by atoms with E-state index in [0.717, 1.165) is 23.5 Å². The van der Waals surface area contributed by atoms with Gasteiger partial charge in [-0.3, -0.25) is 4.79 Å². The third-order valence-electron chi connectivity index (χ3n) is 5.39. The molecule has 0 aromatic carbocycles. The van der Waals surface area contributed by atoms with Gasteiger partial charge in [0.05, 0.1) is 0 Å². The molecule has 0 radical (unpaired) electrons. The van der Waals surface area contributed by atoms with Crippen LogP contribution in [0.2, 0.25) is 0 Å². The lowest BCUT2D eigenvalue weighted by atomic mass is 9.74. The summed E-state index contributed by atoms with van der Waals surface area (Å²) < 4.78 is 0. The van der Waals surface area contributed by atoms with Crippen LogP contribution in [0.3, 0.4) is 0 Å². The molecule has 0 bridgehead atoms. The lowest BCUT2D eigenvalue weighted by Gasteiger charge is -2.33. The first-order valence-corrected chi connectivity index (χ1v) is 8.57. The fraction of sp³-hybridized carbons (Fsp3) is 0.842. The van der Waals surface area contributed by atoms with Crippen molar-refractivity contribution in [2.75, 3.05) is 0 Å². The lowest BCUT2D eigenvalue weighted by Crippen LogP contribution is -2.41. The minimum Gasteiger partial charge on any atom is -0.381 e. The molecule has 1 N–H and O–H groups in total. The number of aliphatic hydroxyl groups is 1. The summed E-state index contributed by atoms with van der Waals surface area (Å²) >= 11 is 0. The van der Waals surface area contributed by atoms with Crippen LogP contribution in [0.5, 0.6) is 0 Å². The number of rotatable bonds is 7. The van der Waals surface area contributed by atoms with Gasteiger partial charge in [-0.25, -0.2) is 0 Å². The molecule has 0 saturated carbocycles. The molecule has 1 aliphatic carbocycles. The third-order valence-corrected chi connectivity index (χ3v) is 5.39. The van der Waals surface area contributed by atoms with E-state index < -0.39 is 5.60 Å². The maximum absolute atomic E-state index is 12.2. The Morgan fingerprint density at radius 3 is 2.14 bits per heavy atom. The van der Waals surface area contributed by atoms with Crippen molar-refractivity contribution in [2.45, 2.75) is 79.8 Å². The van der Waals surface area contributed by atoms with E-state index in [1.165, 1.54) is 19.3 Å². The molecule has 0 spiro atoms. The zero-order chi connectivity index (χ0) is 16.4. The third kappa shape index (κ3) is 3.97. The Kier molecular flexibility index (Phi) is 6.22. The molecule has 1 rings (SSSR count). The highest BCUT2D eigenvalue weighted by molar-refractivity contribution is 6.05. The summed E-state index contributed by atoms with van der Waals surface area (Å²) in [6.07, 6.45) is 4.85. The summed E-state index contributed by atoms with van der Waals surface area (Å²) in [7, 11) is 0. The van der Waals surface area contributed by atoms with Crippen molar-refractivity contribution in [3.63, 3.8) is 0 Å². The summed E-state index contributed by atoms with van der Waals surface area (Å²) in [5, 5.41) is 10.6. The van der Waals surface area contributed by atoms with Gasteiger partial charge in [0.1, 0.15) is 5.60 Å². The Hall–Kier alpha value is -0.630. The second-order valence-electron chi connectivity index (χ2n) is 7.71. The Bertz CT molecular complexity index is 406. The first-order valence-electron chi connectivity index (χ1n) is 8.57. The molecule has 0 saturated heterocycles. The van der Waals surface area contributed by atoms with Crippen molar-refractivity contribution in [2.24, 2.45) is 23.7 Å². The molecule has 0 aromatic heterocycles. The molecule has 1 aliphatic rings. The van der Waals surface area contributed by atoms with Gasteiger partial charge in [-0.2, -0.15) is 0 Å². The van der Waals surface area contributed by atoms with Gasteiger partial charge in [0.25, 0.3) is 0 Å². The first-order chi connectivity index (χ1) is 9.62. The quantitative estimate of drug-likeness (QED) is 0.735. The van der Waals surface area contributed by atoms with Crippen LogP contribution in [-0.4, -0.2) is 16.5 Å². The van der Waals surface area contributed by atoms with Crippen molar-refractivity contribution in [3.05, 3.63) is 11.1 Å². The highest BCUT2D eigenvalue weighted by atomic mass is 16.3. The number of hydrogen-bond acceptors (Lipinski definition) is 2. The zero-order valence-electron chi connectivity index (χ0n) is 15.0. The van der Waals surface area contributed by atoms with Crippen LogP contribution in [0.25, 0.3) is 0 Å². The number of carbonyl (C=O) groups excluding carboxylic acids is 1. The smallest absolute Gasteiger partial charge is 0.190 e. The second kappa shape index (κ2) is 7.09. The number of carbonyl (C=O) groups is 1. The van der Waals surface area contributed by atoms with Crippen molar-refractivity contribution in [3.8, 4) is 0 Å². The van der Waals surface area contributed by atoms with Crippen LogP contribution in [0, 0.1) is 23.7 Å². The highest BCUT2D eigenvalue weighted by Crippen LogP contribution is 2.43. The molecule has 0 fully saturated rings. The molecule has 0 heterocycles. The number of hydrogen-bond donors (Lipinski definition) is 1. The standard InChI is InChI=1S/C19H34O2/c1-8-9-12(2)10-13(3)11-14(4)17-15(5)16(6)18(20)19(17,7)21/h12-14,17,21H,8-11H2,1-7H3/t12-,13-,14-,17+,19-/m0/s1. The molecule has 122 valence electrons. The van der Waals surface area contributed by atoms with Crippen LogP contribution < -0.4 is 0 Å². The van der Waals surface area contributed by atoms with Gasteiger partial charge in [0.2, 0.25) is 0 Å². The summed E-state index contributed by atoms with van der Waals surface area (Å²) in [5.41, 5.74) is 0.651. The van der Waals surface area contributed by atoms with Gasteiger partial charge in [-0.15, -0.1) is 0 Å². The van der Waals surface area contributed by atoms with Gasteiger partial charge >= 0.3 is 0 Å². The fourth-order valence-corrected chi connectivity index (χ4v) is 4.50. The molecular formula is C19H34O2. The predicted molar refractivity (Wildman–Crippen MR) is 89.1 cm³/mol. The normalized spacial score (nSPS) is 30.7. The Balaban J connectivity index is 2.71. The van der Waals surface area contributed by atoms with E-state index in [1.54, 1.807) is 6.92 Å². The maximum atomic E-state index is 12.2. The first kappa shape index (κ1) is 18.4. The van der Waals surface area contributed by atoms with E-state index in [0.29, 0.717) is 11.8 Å². The maximum Gasteiger partial charge on any atom is 0.190 e. The predicted octanol–water partition coefficient (Wildman–Crippen LogP) is 4.76. The molecular weight excluding hydrogens is 260 g/mol. The van der Waals surface area contributed by atoms with Crippen molar-refractivity contribution in [1.82, 2.24) is 0 Å². The topological polar surface area (TPSA) is 37.3 Å².